The molecule has 0 N–H and O–H groups in total. The Morgan fingerprint density at radius 3 is 2.14 bits per heavy atom. The molecule has 0 saturated carbocycles. The molecule has 0 atom stereocenters. The van der Waals surface area contributed by atoms with Gasteiger partial charge in [-0.15, -0.1) is 0 Å². The standard InChI is InChI=1S/C16H11Cl3N2/c1-10-7-15(16-13(18)8-11(17)9-14(16)19)21(20-10)12-5-3-2-4-6-12/h2-9H,1H3. The van der Waals surface area contributed by atoms with Crippen molar-refractivity contribution in [3.63, 3.8) is 0 Å². The van der Waals surface area contributed by atoms with E-state index in [4.69, 9.17) is 34.8 Å². The summed E-state index contributed by atoms with van der Waals surface area (Å²) in [5, 5.41) is 6.05. The minimum absolute atomic E-state index is 0.504. The highest BCUT2D eigenvalue weighted by Crippen LogP contribution is 2.38. The van der Waals surface area contributed by atoms with Crippen LogP contribution in [0.5, 0.6) is 0 Å². The molecule has 3 rings (SSSR count). The Bertz CT molecular complexity index is 772. The number of benzene rings is 2. The molecule has 0 saturated heterocycles. The first kappa shape index (κ1) is 14.5. The van der Waals surface area contributed by atoms with E-state index in [0.29, 0.717) is 15.1 Å². The topological polar surface area (TPSA) is 17.8 Å². The van der Waals surface area contributed by atoms with Gasteiger partial charge < -0.3 is 0 Å². The van der Waals surface area contributed by atoms with E-state index in [9.17, 15) is 0 Å². The number of nitrogens with zero attached hydrogens (tertiary/aromatic N) is 2. The average Bonchev–Trinajstić information content (AvgIpc) is 2.80. The molecule has 2 nitrogen and oxygen atoms in total. The number of aromatic nitrogens is 2. The summed E-state index contributed by atoms with van der Waals surface area (Å²) >= 11 is 18.6. The zero-order valence-corrected chi connectivity index (χ0v) is 13.4. The van der Waals surface area contributed by atoms with E-state index in [1.54, 1.807) is 12.1 Å². The molecule has 1 heterocycles. The van der Waals surface area contributed by atoms with E-state index in [0.717, 1.165) is 22.6 Å². The van der Waals surface area contributed by atoms with Gasteiger partial charge in [0.15, 0.2) is 0 Å². The van der Waals surface area contributed by atoms with E-state index in [1.165, 1.54) is 0 Å². The fourth-order valence-electron chi connectivity index (χ4n) is 2.23. The molecule has 0 fully saturated rings. The van der Waals surface area contributed by atoms with E-state index in [2.05, 4.69) is 5.10 Å². The molecule has 0 aliphatic rings. The molecule has 0 bridgehead atoms. The third kappa shape index (κ3) is 2.80. The molecule has 0 spiro atoms. The van der Waals surface area contributed by atoms with Gasteiger partial charge in [0.1, 0.15) is 0 Å². The van der Waals surface area contributed by atoms with Crippen LogP contribution in [0.2, 0.25) is 15.1 Å². The highest BCUT2D eigenvalue weighted by molar-refractivity contribution is 6.41. The molecule has 5 heteroatoms. The third-order valence-corrected chi connectivity index (χ3v) is 3.91. The summed E-state index contributed by atoms with van der Waals surface area (Å²) in [6.45, 7) is 1.93. The minimum Gasteiger partial charge on any atom is -0.233 e. The van der Waals surface area contributed by atoms with Gasteiger partial charge in [-0.25, -0.2) is 4.68 Å². The van der Waals surface area contributed by atoms with Crippen molar-refractivity contribution in [2.75, 3.05) is 0 Å². The van der Waals surface area contributed by atoms with Crippen molar-refractivity contribution in [1.82, 2.24) is 9.78 Å². The lowest BCUT2D eigenvalue weighted by molar-refractivity contribution is 0.869. The second-order valence-corrected chi connectivity index (χ2v) is 5.91. The lowest BCUT2D eigenvalue weighted by atomic mass is 10.1. The Hall–Kier alpha value is -1.48. The fourth-order valence-corrected chi connectivity index (χ4v) is 3.24. The first-order valence-electron chi connectivity index (χ1n) is 6.33. The smallest absolute Gasteiger partial charge is 0.0773 e. The zero-order valence-electron chi connectivity index (χ0n) is 11.1. The summed E-state index contributed by atoms with van der Waals surface area (Å²) in [7, 11) is 0. The lowest BCUT2D eigenvalue weighted by Crippen LogP contribution is -1.99. The highest BCUT2D eigenvalue weighted by atomic mass is 35.5. The quantitative estimate of drug-likeness (QED) is 0.577. The molecule has 3 aromatic rings. The SMILES string of the molecule is Cc1cc(-c2c(Cl)cc(Cl)cc2Cl)n(-c2ccccc2)n1. The largest absolute Gasteiger partial charge is 0.233 e. The van der Waals surface area contributed by atoms with Crippen molar-refractivity contribution >= 4 is 34.8 Å². The van der Waals surface area contributed by atoms with E-state index in [1.807, 2.05) is 48.0 Å². The van der Waals surface area contributed by atoms with Crippen molar-refractivity contribution in [2.24, 2.45) is 0 Å². The predicted molar refractivity (Wildman–Crippen MR) is 88.8 cm³/mol. The van der Waals surface area contributed by atoms with Crippen LogP contribution in [0, 0.1) is 6.92 Å². The molecule has 0 radical (unpaired) electrons. The molecule has 1 aromatic heterocycles. The number of halogens is 3. The van der Waals surface area contributed by atoms with E-state index >= 15 is 0 Å². The molecule has 21 heavy (non-hydrogen) atoms. The maximum atomic E-state index is 6.33. The average molecular weight is 338 g/mol. The van der Waals surface area contributed by atoms with Crippen LogP contribution in [-0.2, 0) is 0 Å². The van der Waals surface area contributed by atoms with Crippen LogP contribution in [0.1, 0.15) is 5.69 Å². The van der Waals surface area contributed by atoms with Gasteiger partial charge >= 0.3 is 0 Å². The van der Waals surface area contributed by atoms with E-state index in [-0.39, 0.29) is 0 Å². The van der Waals surface area contributed by atoms with Gasteiger partial charge in [0, 0.05) is 10.6 Å². The summed E-state index contributed by atoms with van der Waals surface area (Å²) in [5.41, 5.74) is 3.40. The normalized spacial score (nSPS) is 10.9. The van der Waals surface area contributed by atoms with Crippen LogP contribution in [0.15, 0.2) is 48.5 Å². The number of aryl methyl sites for hydroxylation is 1. The maximum Gasteiger partial charge on any atom is 0.0773 e. The van der Waals surface area contributed by atoms with Crippen molar-refractivity contribution in [3.05, 3.63) is 69.3 Å². The predicted octanol–water partition coefficient (Wildman–Crippen LogP) is 5.81. The third-order valence-electron chi connectivity index (χ3n) is 3.10. The second-order valence-electron chi connectivity index (χ2n) is 4.66. The van der Waals surface area contributed by atoms with E-state index < -0.39 is 0 Å². The first-order chi connectivity index (χ1) is 10.1. The first-order valence-corrected chi connectivity index (χ1v) is 7.46. The zero-order chi connectivity index (χ0) is 15.0. The Kier molecular flexibility index (Phi) is 3.94. The molecular formula is C16H11Cl3N2. The van der Waals surface area contributed by atoms with Crippen LogP contribution in [0.4, 0.5) is 0 Å². The summed E-state index contributed by atoms with van der Waals surface area (Å²) in [5.74, 6) is 0. The van der Waals surface area contributed by atoms with Gasteiger partial charge in [0.25, 0.3) is 0 Å². The van der Waals surface area contributed by atoms with Crippen LogP contribution in [0.25, 0.3) is 16.9 Å². The molecule has 0 aliphatic carbocycles. The van der Waals surface area contributed by atoms with Crippen molar-refractivity contribution in [3.8, 4) is 16.9 Å². The van der Waals surface area contributed by atoms with Crippen LogP contribution in [0.3, 0.4) is 0 Å². The summed E-state index contributed by atoms with van der Waals surface area (Å²) < 4.78 is 1.83. The van der Waals surface area contributed by atoms with Gasteiger partial charge in [-0.05, 0) is 37.3 Å². The lowest BCUT2D eigenvalue weighted by Gasteiger charge is -2.11. The Labute approximate surface area is 137 Å². The van der Waals surface area contributed by atoms with Gasteiger partial charge in [0.2, 0.25) is 0 Å². The highest BCUT2D eigenvalue weighted by Gasteiger charge is 2.16. The van der Waals surface area contributed by atoms with Crippen molar-refractivity contribution < 1.29 is 0 Å². The number of rotatable bonds is 2. The van der Waals surface area contributed by atoms with Crippen molar-refractivity contribution in [2.45, 2.75) is 6.92 Å². The molecule has 0 aliphatic heterocycles. The molecule has 0 unspecified atom stereocenters. The molecule has 0 amide bonds. The van der Waals surface area contributed by atoms with Crippen LogP contribution >= 0.6 is 34.8 Å². The van der Waals surface area contributed by atoms with Gasteiger partial charge in [-0.3, -0.25) is 0 Å². The maximum absolute atomic E-state index is 6.33. The molecule has 106 valence electrons. The number of hydrogen-bond acceptors (Lipinski definition) is 1. The van der Waals surface area contributed by atoms with Crippen LogP contribution < -0.4 is 0 Å². The minimum atomic E-state index is 0.504. The number of hydrogen-bond donors (Lipinski definition) is 0. The van der Waals surface area contributed by atoms with Crippen LogP contribution in [-0.4, -0.2) is 9.78 Å². The Morgan fingerprint density at radius 2 is 1.52 bits per heavy atom. The fraction of sp³-hybridized carbons (Fsp3) is 0.0625. The van der Waals surface area contributed by atoms with Crippen molar-refractivity contribution in [1.29, 1.82) is 0 Å². The second kappa shape index (κ2) is 5.72. The van der Waals surface area contributed by atoms with Gasteiger partial charge in [-0.1, -0.05) is 53.0 Å². The Balaban J connectivity index is 2.26. The monoisotopic (exact) mass is 336 g/mol. The summed E-state index contributed by atoms with van der Waals surface area (Å²) in [4.78, 5) is 0. The summed E-state index contributed by atoms with van der Waals surface area (Å²) in [6.07, 6.45) is 0. The molecule has 2 aromatic carbocycles. The molecular weight excluding hydrogens is 327 g/mol. The summed E-state index contributed by atoms with van der Waals surface area (Å²) in [6, 6.07) is 15.2. The number of para-hydroxylation sites is 1. The van der Waals surface area contributed by atoms with Gasteiger partial charge in [0.05, 0.1) is 27.1 Å². The van der Waals surface area contributed by atoms with Gasteiger partial charge in [-0.2, -0.15) is 5.10 Å². The Morgan fingerprint density at radius 1 is 0.905 bits per heavy atom.